The van der Waals surface area contributed by atoms with Gasteiger partial charge < -0.3 is 0 Å². The van der Waals surface area contributed by atoms with E-state index in [1.54, 1.807) is 11.1 Å². The highest BCUT2D eigenvalue weighted by Crippen LogP contribution is 2.38. The van der Waals surface area contributed by atoms with E-state index < -0.39 is 0 Å². The Morgan fingerprint density at radius 3 is 2.25 bits per heavy atom. The average molecular weight is 308 g/mol. The highest BCUT2D eigenvalue weighted by Gasteiger charge is 2.17. The third-order valence-corrected chi connectivity index (χ3v) is 5.41. The molecule has 0 heteroatoms. The standard InChI is InChI=1S/C24H20/c1-2-8-18-15-21(14-13-17(18)7-1)24-22-11-5-3-9-19(22)16-20-10-4-6-12-23(20)24/h1-3,5,7-9,11,13-16H,4,6,10,12H2. The Bertz CT molecular complexity index is 1060. The van der Waals surface area contributed by atoms with Gasteiger partial charge in [-0.1, -0.05) is 66.7 Å². The van der Waals surface area contributed by atoms with Crippen LogP contribution in [0.3, 0.4) is 0 Å². The van der Waals surface area contributed by atoms with Gasteiger partial charge in [0.05, 0.1) is 0 Å². The summed E-state index contributed by atoms with van der Waals surface area (Å²) in [7, 11) is 0. The predicted molar refractivity (Wildman–Crippen MR) is 104 cm³/mol. The predicted octanol–water partition coefficient (Wildman–Crippen LogP) is 6.54. The smallest absolute Gasteiger partial charge is 0.00703 e. The molecule has 4 aromatic rings. The Morgan fingerprint density at radius 1 is 0.583 bits per heavy atom. The normalized spacial score (nSPS) is 14.0. The van der Waals surface area contributed by atoms with Crippen LogP contribution in [0.2, 0.25) is 0 Å². The fourth-order valence-corrected chi connectivity index (χ4v) is 4.25. The monoisotopic (exact) mass is 308 g/mol. The Labute approximate surface area is 142 Å². The van der Waals surface area contributed by atoms with Crippen molar-refractivity contribution in [1.29, 1.82) is 0 Å². The lowest BCUT2D eigenvalue weighted by Gasteiger charge is -2.22. The molecule has 116 valence electrons. The van der Waals surface area contributed by atoms with E-state index in [-0.39, 0.29) is 0 Å². The molecule has 0 heterocycles. The van der Waals surface area contributed by atoms with Crippen LogP contribution in [-0.4, -0.2) is 0 Å². The van der Waals surface area contributed by atoms with Crippen LogP contribution in [0, 0.1) is 0 Å². The summed E-state index contributed by atoms with van der Waals surface area (Å²) in [5, 5.41) is 5.41. The molecule has 0 bridgehead atoms. The average Bonchev–Trinajstić information content (AvgIpc) is 2.65. The van der Waals surface area contributed by atoms with Gasteiger partial charge in [-0.05, 0) is 75.5 Å². The summed E-state index contributed by atoms with van der Waals surface area (Å²) in [6.07, 6.45) is 5.07. The Hall–Kier alpha value is -2.60. The van der Waals surface area contributed by atoms with E-state index in [1.165, 1.54) is 58.4 Å². The van der Waals surface area contributed by atoms with Crippen molar-refractivity contribution in [2.24, 2.45) is 0 Å². The lowest BCUT2D eigenvalue weighted by Crippen LogP contribution is -2.05. The van der Waals surface area contributed by atoms with E-state index >= 15 is 0 Å². The zero-order chi connectivity index (χ0) is 15.9. The number of aryl methyl sites for hydroxylation is 1. The topological polar surface area (TPSA) is 0 Å². The van der Waals surface area contributed by atoms with Crippen molar-refractivity contribution in [3.05, 3.63) is 83.9 Å². The molecular weight excluding hydrogens is 288 g/mol. The highest BCUT2D eigenvalue weighted by atomic mass is 14.2. The van der Waals surface area contributed by atoms with Gasteiger partial charge in [-0.2, -0.15) is 0 Å². The molecule has 1 aliphatic rings. The molecule has 0 radical (unpaired) electrons. The van der Waals surface area contributed by atoms with Crippen LogP contribution in [0.5, 0.6) is 0 Å². The third kappa shape index (κ3) is 2.14. The number of hydrogen-bond donors (Lipinski definition) is 0. The van der Waals surface area contributed by atoms with Crippen molar-refractivity contribution >= 4 is 21.5 Å². The quantitative estimate of drug-likeness (QED) is 0.374. The second-order valence-electron chi connectivity index (χ2n) is 6.88. The van der Waals surface area contributed by atoms with Crippen molar-refractivity contribution in [1.82, 2.24) is 0 Å². The maximum absolute atomic E-state index is 2.42. The molecule has 0 saturated carbocycles. The Morgan fingerprint density at radius 2 is 1.33 bits per heavy atom. The minimum absolute atomic E-state index is 1.21. The molecule has 0 spiro atoms. The molecule has 0 fully saturated rings. The second kappa shape index (κ2) is 5.49. The summed E-state index contributed by atoms with van der Waals surface area (Å²) in [4.78, 5) is 0. The molecule has 0 unspecified atom stereocenters. The molecule has 0 N–H and O–H groups in total. The van der Waals surface area contributed by atoms with Crippen molar-refractivity contribution in [2.45, 2.75) is 25.7 Å². The lowest BCUT2D eigenvalue weighted by atomic mass is 9.82. The number of fused-ring (bicyclic) bond motifs is 3. The maximum atomic E-state index is 2.42. The van der Waals surface area contributed by atoms with Crippen molar-refractivity contribution in [2.75, 3.05) is 0 Å². The molecule has 0 aromatic heterocycles. The molecule has 0 aliphatic heterocycles. The fourth-order valence-electron chi connectivity index (χ4n) is 4.25. The van der Waals surface area contributed by atoms with E-state index in [9.17, 15) is 0 Å². The minimum atomic E-state index is 1.21. The van der Waals surface area contributed by atoms with Crippen molar-refractivity contribution in [3.8, 4) is 11.1 Å². The molecule has 0 nitrogen and oxygen atoms in total. The van der Waals surface area contributed by atoms with Crippen LogP contribution < -0.4 is 0 Å². The molecule has 1 aliphatic carbocycles. The summed E-state index contributed by atoms with van der Waals surface area (Å²) in [5.74, 6) is 0. The maximum Gasteiger partial charge on any atom is -0.00703 e. The van der Waals surface area contributed by atoms with Gasteiger partial charge in [0.2, 0.25) is 0 Å². The Kier molecular flexibility index (Phi) is 3.16. The van der Waals surface area contributed by atoms with Crippen LogP contribution in [0.1, 0.15) is 24.0 Å². The van der Waals surface area contributed by atoms with Gasteiger partial charge in [-0.3, -0.25) is 0 Å². The summed E-state index contributed by atoms with van der Waals surface area (Å²) >= 11 is 0. The van der Waals surface area contributed by atoms with Gasteiger partial charge in [0, 0.05) is 0 Å². The fraction of sp³-hybridized carbons (Fsp3) is 0.167. The van der Waals surface area contributed by atoms with E-state index in [4.69, 9.17) is 0 Å². The Balaban J connectivity index is 1.86. The zero-order valence-corrected chi connectivity index (χ0v) is 13.8. The van der Waals surface area contributed by atoms with E-state index in [0.717, 1.165) is 0 Å². The lowest BCUT2D eigenvalue weighted by molar-refractivity contribution is 0.688. The largest absolute Gasteiger partial charge is 0.0616 e. The van der Waals surface area contributed by atoms with Crippen LogP contribution in [-0.2, 0) is 12.8 Å². The van der Waals surface area contributed by atoms with Gasteiger partial charge in [0.25, 0.3) is 0 Å². The van der Waals surface area contributed by atoms with Crippen molar-refractivity contribution < 1.29 is 0 Å². The minimum Gasteiger partial charge on any atom is -0.0616 e. The summed E-state index contributed by atoms with van der Waals surface area (Å²) < 4.78 is 0. The molecule has 0 saturated heterocycles. The third-order valence-electron chi connectivity index (χ3n) is 5.41. The first-order valence-electron chi connectivity index (χ1n) is 8.93. The van der Waals surface area contributed by atoms with Crippen LogP contribution >= 0.6 is 0 Å². The summed E-state index contributed by atoms with van der Waals surface area (Å²) in [5.41, 5.74) is 5.97. The second-order valence-corrected chi connectivity index (χ2v) is 6.88. The molecule has 5 rings (SSSR count). The van der Waals surface area contributed by atoms with E-state index in [2.05, 4.69) is 72.8 Å². The highest BCUT2D eigenvalue weighted by molar-refractivity contribution is 6.01. The van der Waals surface area contributed by atoms with Gasteiger partial charge in [0.15, 0.2) is 0 Å². The van der Waals surface area contributed by atoms with Gasteiger partial charge in [-0.15, -0.1) is 0 Å². The molecule has 24 heavy (non-hydrogen) atoms. The summed E-state index contributed by atoms with van der Waals surface area (Å²) in [6.45, 7) is 0. The molecule has 0 atom stereocenters. The molecule has 0 amide bonds. The summed E-state index contributed by atoms with van der Waals surface area (Å²) in [6, 6.07) is 26.9. The van der Waals surface area contributed by atoms with E-state index in [1.807, 2.05) is 0 Å². The number of rotatable bonds is 1. The first kappa shape index (κ1) is 13.8. The van der Waals surface area contributed by atoms with Gasteiger partial charge in [-0.25, -0.2) is 0 Å². The number of benzene rings is 4. The van der Waals surface area contributed by atoms with Crippen LogP contribution in [0.4, 0.5) is 0 Å². The van der Waals surface area contributed by atoms with Crippen molar-refractivity contribution in [3.63, 3.8) is 0 Å². The van der Waals surface area contributed by atoms with Crippen LogP contribution in [0.15, 0.2) is 72.8 Å². The molecule has 4 aromatic carbocycles. The van der Waals surface area contributed by atoms with Gasteiger partial charge in [0.1, 0.15) is 0 Å². The first-order chi connectivity index (χ1) is 11.9. The van der Waals surface area contributed by atoms with Crippen LogP contribution in [0.25, 0.3) is 32.7 Å². The number of hydrogen-bond acceptors (Lipinski definition) is 0. The SMILES string of the molecule is c1ccc2cc(-c3c4c(cc5ccccc35)CCCC4)ccc2c1. The first-order valence-corrected chi connectivity index (χ1v) is 8.93. The molecular formula is C24H20. The van der Waals surface area contributed by atoms with Gasteiger partial charge >= 0.3 is 0 Å². The van der Waals surface area contributed by atoms with E-state index in [0.29, 0.717) is 0 Å². The zero-order valence-electron chi connectivity index (χ0n) is 13.8.